The molecule has 0 aromatic heterocycles. The van der Waals surface area contributed by atoms with Crippen LogP contribution >= 0.6 is 8.25 Å². The van der Waals surface area contributed by atoms with E-state index in [9.17, 15) is 4.79 Å². The van der Waals surface area contributed by atoms with Crippen LogP contribution in [0.3, 0.4) is 0 Å². The van der Waals surface area contributed by atoms with E-state index < -0.39 is 20.3 Å². The van der Waals surface area contributed by atoms with E-state index in [0.717, 1.165) is 0 Å². The molecule has 60 valence electrons. The predicted molar refractivity (Wildman–Crippen MR) is 31.4 cm³/mol. The maximum Gasteiger partial charge on any atom is 0.692 e. The second kappa shape index (κ2) is 6.57. The highest BCUT2D eigenvalue weighted by Crippen LogP contribution is 1.98. The summed E-state index contributed by atoms with van der Waals surface area (Å²) >= 11 is 0. The van der Waals surface area contributed by atoms with Gasteiger partial charge in [0.1, 0.15) is 6.10 Å². The zero-order valence-corrected chi connectivity index (χ0v) is 6.02. The van der Waals surface area contributed by atoms with Crippen molar-refractivity contribution in [2.75, 3.05) is 0 Å². The van der Waals surface area contributed by atoms with Gasteiger partial charge in [-0.1, -0.05) is 0 Å². The summed E-state index contributed by atoms with van der Waals surface area (Å²) in [5.41, 5.74) is 0. The molecule has 0 fully saturated rings. The predicted octanol–water partition coefficient (Wildman–Crippen LogP) is -0.920. The first-order valence-corrected chi connectivity index (χ1v) is 3.30. The molecule has 4 N–H and O–H groups in total. The third-order valence-electron chi connectivity index (χ3n) is 0.357. The minimum Gasteiger partial charge on any atom is -0.479 e. The molecule has 0 bridgehead atoms. The van der Waals surface area contributed by atoms with Crippen molar-refractivity contribution in [2.24, 2.45) is 0 Å². The molecular formula is C3H8O6P+. The number of hydrogen-bond acceptors (Lipinski definition) is 3. The van der Waals surface area contributed by atoms with Gasteiger partial charge in [-0.25, -0.2) is 4.79 Å². The molecule has 1 unspecified atom stereocenters. The SMILES string of the molecule is CC(O)C(=O)O.O=[P+](O)O. The molecule has 0 amide bonds. The maximum absolute atomic E-state index is 9.45. The molecule has 0 radical (unpaired) electrons. The van der Waals surface area contributed by atoms with E-state index in [2.05, 4.69) is 0 Å². The summed E-state index contributed by atoms with van der Waals surface area (Å²) in [4.78, 5) is 23.7. The molecule has 7 heteroatoms. The van der Waals surface area contributed by atoms with E-state index in [1.165, 1.54) is 6.92 Å². The third kappa shape index (κ3) is 26.0. The first-order chi connectivity index (χ1) is 4.37. The smallest absolute Gasteiger partial charge is 0.479 e. The van der Waals surface area contributed by atoms with Crippen LogP contribution in [0.15, 0.2) is 0 Å². The zero-order chi connectivity index (χ0) is 8.73. The molecular weight excluding hydrogens is 163 g/mol. The maximum atomic E-state index is 9.45. The second-order valence-electron chi connectivity index (χ2n) is 1.27. The Morgan fingerprint density at radius 1 is 1.50 bits per heavy atom. The molecule has 1 atom stereocenters. The van der Waals surface area contributed by atoms with Crippen molar-refractivity contribution in [3.63, 3.8) is 0 Å². The fraction of sp³-hybridized carbons (Fsp3) is 0.667. The number of carbonyl (C=O) groups is 1. The lowest BCUT2D eigenvalue weighted by atomic mass is 10.4. The fourth-order valence-corrected chi connectivity index (χ4v) is 0. The van der Waals surface area contributed by atoms with E-state index >= 15 is 0 Å². The van der Waals surface area contributed by atoms with Gasteiger partial charge >= 0.3 is 14.2 Å². The van der Waals surface area contributed by atoms with Crippen molar-refractivity contribution in [3.05, 3.63) is 0 Å². The van der Waals surface area contributed by atoms with Crippen LogP contribution in [0.5, 0.6) is 0 Å². The lowest BCUT2D eigenvalue weighted by Gasteiger charge is -1.89. The topological polar surface area (TPSA) is 115 Å². The molecule has 0 spiro atoms. The van der Waals surface area contributed by atoms with Gasteiger partial charge in [-0.05, 0) is 6.92 Å². The van der Waals surface area contributed by atoms with Gasteiger partial charge in [0.05, 0.1) is 0 Å². The molecule has 0 aliphatic rings. The van der Waals surface area contributed by atoms with Gasteiger partial charge in [0, 0.05) is 4.57 Å². The number of aliphatic hydroxyl groups excluding tert-OH is 1. The lowest BCUT2D eigenvalue weighted by Crippen LogP contribution is -2.13. The summed E-state index contributed by atoms with van der Waals surface area (Å²) in [6, 6.07) is 0. The number of carboxylic acids is 1. The zero-order valence-electron chi connectivity index (χ0n) is 5.13. The summed E-state index contributed by atoms with van der Waals surface area (Å²) in [6.07, 6.45) is -1.23. The summed E-state index contributed by atoms with van der Waals surface area (Å²) in [7, 11) is -2.87. The molecule has 10 heavy (non-hydrogen) atoms. The van der Waals surface area contributed by atoms with Crippen LogP contribution < -0.4 is 0 Å². The first-order valence-electron chi connectivity index (χ1n) is 2.13. The Kier molecular flexibility index (Phi) is 7.99. The van der Waals surface area contributed by atoms with E-state index in [-0.39, 0.29) is 0 Å². The van der Waals surface area contributed by atoms with Crippen molar-refractivity contribution in [2.45, 2.75) is 13.0 Å². The number of rotatable bonds is 1. The van der Waals surface area contributed by atoms with Gasteiger partial charge in [0.2, 0.25) is 0 Å². The van der Waals surface area contributed by atoms with Gasteiger partial charge < -0.3 is 10.2 Å². The number of aliphatic carboxylic acids is 1. The summed E-state index contributed by atoms with van der Waals surface area (Å²) < 4.78 is 8.70. The molecule has 0 heterocycles. The van der Waals surface area contributed by atoms with Gasteiger partial charge in [0.25, 0.3) is 0 Å². The average Bonchev–Trinajstić information content (AvgIpc) is 1.63. The highest BCUT2D eigenvalue weighted by molar-refractivity contribution is 7.30. The van der Waals surface area contributed by atoms with Crippen molar-refractivity contribution in [3.8, 4) is 0 Å². The molecule has 0 rings (SSSR count). The largest absolute Gasteiger partial charge is 0.692 e. The summed E-state index contributed by atoms with van der Waals surface area (Å²) in [5.74, 6) is -1.19. The van der Waals surface area contributed by atoms with Crippen LogP contribution in [0, 0.1) is 0 Å². The third-order valence-corrected chi connectivity index (χ3v) is 0.357. The second-order valence-corrected chi connectivity index (χ2v) is 1.77. The van der Waals surface area contributed by atoms with Crippen LogP contribution in [0.25, 0.3) is 0 Å². The van der Waals surface area contributed by atoms with E-state index in [1.807, 2.05) is 0 Å². The summed E-state index contributed by atoms with van der Waals surface area (Å²) in [5, 5.41) is 15.8. The van der Waals surface area contributed by atoms with Crippen molar-refractivity contribution >= 4 is 14.2 Å². The fourth-order valence-electron chi connectivity index (χ4n) is 0. The van der Waals surface area contributed by atoms with Crippen LogP contribution in [0.4, 0.5) is 0 Å². The Morgan fingerprint density at radius 3 is 1.60 bits per heavy atom. The van der Waals surface area contributed by atoms with Crippen molar-refractivity contribution < 1.29 is 29.4 Å². The summed E-state index contributed by atoms with van der Waals surface area (Å²) in [6.45, 7) is 1.20. The Bertz CT molecular complexity index is 116. The van der Waals surface area contributed by atoms with Crippen LogP contribution in [-0.2, 0) is 9.36 Å². The minimum absolute atomic E-state index is 1.19. The van der Waals surface area contributed by atoms with Gasteiger partial charge in [0.15, 0.2) is 0 Å². The number of aliphatic hydroxyl groups is 1. The van der Waals surface area contributed by atoms with E-state index in [1.54, 1.807) is 0 Å². The first kappa shape index (κ1) is 12.2. The van der Waals surface area contributed by atoms with Crippen LogP contribution in [-0.4, -0.2) is 32.1 Å². The molecule has 0 aliphatic heterocycles. The van der Waals surface area contributed by atoms with Gasteiger partial charge in [-0.3, -0.25) is 0 Å². The highest BCUT2D eigenvalue weighted by atomic mass is 31.1. The quantitative estimate of drug-likeness (QED) is 0.379. The van der Waals surface area contributed by atoms with Crippen molar-refractivity contribution in [1.29, 1.82) is 0 Å². The Labute approximate surface area is 57.7 Å². The Balaban J connectivity index is 0. The highest BCUT2D eigenvalue weighted by Gasteiger charge is 2.01. The molecule has 0 saturated carbocycles. The number of hydrogen-bond donors (Lipinski definition) is 4. The van der Waals surface area contributed by atoms with Crippen LogP contribution in [0.1, 0.15) is 6.92 Å². The molecule has 0 aromatic rings. The standard InChI is InChI=1S/C3H6O3.HO3P/c1-2(4)3(5)6;1-4(2)3/h2,4H,1H3,(H,5,6);(H-,1,2,3)/p+1. The Hall–Kier alpha value is -0.550. The monoisotopic (exact) mass is 171 g/mol. The van der Waals surface area contributed by atoms with Gasteiger partial charge in [-0.15, -0.1) is 9.79 Å². The Morgan fingerprint density at radius 2 is 1.60 bits per heavy atom. The van der Waals surface area contributed by atoms with Crippen molar-refractivity contribution in [1.82, 2.24) is 0 Å². The minimum atomic E-state index is -2.87. The molecule has 0 aliphatic carbocycles. The van der Waals surface area contributed by atoms with Gasteiger partial charge in [-0.2, -0.15) is 0 Å². The molecule has 0 saturated heterocycles. The molecule has 0 aromatic carbocycles. The van der Waals surface area contributed by atoms with Crippen LogP contribution in [0.2, 0.25) is 0 Å². The average molecular weight is 171 g/mol. The molecule has 6 nitrogen and oxygen atoms in total. The normalized spacial score (nSPS) is 10.8. The van der Waals surface area contributed by atoms with E-state index in [4.69, 9.17) is 24.6 Å². The number of carboxylic acid groups (broad SMARTS) is 1. The van der Waals surface area contributed by atoms with E-state index in [0.29, 0.717) is 0 Å². The lowest BCUT2D eigenvalue weighted by molar-refractivity contribution is -0.145.